The molecule has 1 atom stereocenters. The Morgan fingerprint density at radius 3 is 2.52 bits per heavy atom. The van der Waals surface area contributed by atoms with Gasteiger partial charge in [-0.15, -0.1) is 0 Å². The Morgan fingerprint density at radius 2 is 1.88 bits per heavy atom. The molecule has 0 aromatic heterocycles. The third-order valence-corrected chi connectivity index (χ3v) is 4.34. The van der Waals surface area contributed by atoms with Crippen LogP contribution in [0.15, 0.2) is 42.5 Å². The lowest BCUT2D eigenvalue weighted by molar-refractivity contribution is 0.340. The van der Waals surface area contributed by atoms with Gasteiger partial charge in [0.15, 0.2) is 5.11 Å². The molecule has 3 nitrogen and oxygen atoms in total. The Morgan fingerprint density at radius 1 is 1.12 bits per heavy atom. The van der Waals surface area contributed by atoms with Crippen LogP contribution in [0.25, 0.3) is 0 Å². The first-order chi connectivity index (χ1) is 11.9. The molecule has 0 aliphatic heterocycles. The Kier molecular flexibility index (Phi) is 6.82. The lowest BCUT2D eigenvalue weighted by Gasteiger charge is -2.26. The van der Waals surface area contributed by atoms with Crippen molar-refractivity contribution in [2.24, 2.45) is 5.92 Å². The highest BCUT2D eigenvalue weighted by atomic mass is 32.1. The van der Waals surface area contributed by atoms with Crippen molar-refractivity contribution in [3.05, 3.63) is 59.2 Å². The quantitative estimate of drug-likeness (QED) is 0.680. The van der Waals surface area contributed by atoms with Crippen molar-refractivity contribution in [2.75, 3.05) is 11.9 Å². The zero-order valence-corrected chi connectivity index (χ0v) is 16.5. The second-order valence-corrected chi connectivity index (χ2v) is 7.05. The average Bonchev–Trinajstić information content (AvgIpc) is 2.53. The van der Waals surface area contributed by atoms with E-state index in [0.717, 1.165) is 11.4 Å². The van der Waals surface area contributed by atoms with Gasteiger partial charge in [0.25, 0.3) is 0 Å². The normalized spacial score (nSPS) is 11.9. The van der Waals surface area contributed by atoms with Gasteiger partial charge >= 0.3 is 0 Å². The van der Waals surface area contributed by atoms with Gasteiger partial charge in [0.2, 0.25) is 0 Å². The van der Waals surface area contributed by atoms with Crippen LogP contribution in [-0.4, -0.2) is 11.7 Å². The molecule has 0 radical (unpaired) electrons. The third-order valence-electron chi connectivity index (χ3n) is 4.12. The van der Waals surface area contributed by atoms with Gasteiger partial charge in [-0.1, -0.05) is 43.7 Å². The molecule has 0 saturated heterocycles. The molecule has 0 bridgehead atoms. The number of ether oxygens (including phenoxy) is 1. The van der Waals surface area contributed by atoms with Gasteiger partial charge < -0.3 is 15.4 Å². The fraction of sp³-hybridized carbons (Fsp3) is 0.381. The molecule has 0 aliphatic carbocycles. The number of rotatable bonds is 6. The summed E-state index contributed by atoms with van der Waals surface area (Å²) in [6.45, 7) is 11.3. The largest absolute Gasteiger partial charge is 0.494 e. The van der Waals surface area contributed by atoms with Crippen LogP contribution >= 0.6 is 12.2 Å². The van der Waals surface area contributed by atoms with Crippen molar-refractivity contribution in [2.45, 2.75) is 40.7 Å². The standard InChI is InChI=1S/C21H28N2OS/c1-6-24-18-9-7-8-17(13-18)22-21(25)23-20(14(2)3)19-11-10-15(4)12-16(19)5/h7-14,20H,6H2,1-5H3,(H2,22,23,25)/t20-/m0/s1. The molecule has 25 heavy (non-hydrogen) atoms. The fourth-order valence-corrected chi connectivity index (χ4v) is 3.16. The minimum atomic E-state index is 0.163. The maximum atomic E-state index is 5.55. The van der Waals surface area contributed by atoms with E-state index in [4.69, 9.17) is 17.0 Å². The van der Waals surface area contributed by atoms with Crippen molar-refractivity contribution in [1.82, 2.24) is 5.32 Å². The van der Waals surface area contributed by atoms with Crippen LogP contribution in [0.5, 0.6) is 5.75 Å². The smallest absolute Gasteiger partial charge is 0.171 e. The third kappa shape index (κ3) is 5.46. The van der Waals surface area contributed by atoms with Crippen molar-refractivity contribution in [1.29, 1.82) is 0 Å². The first-order valence-electron chi connectivity index (χ1n) is 8.78. The SMILES string of the molecule is CCOc1cccc(NC(=S)N[C@H](c2ccc(C)cc2C)C(C)C)c1. The summed E-state index contributed by atoms with van der Waals surface area (Å²) in [5.74, 6) is 1.25. The summed E-state index contributed by atoms with van der Waals surface area (Å²) >= 11 is 5.55. The van der Waals surface area contributed by atoms with Gasteiger partial charge in [-0.2, -0.15) is 0 Å². The van der Waals surface area contributed by atoms with Gasteiger partial charge in [-0.3, -0.25) is 0 Å². The molecular formula is C21H28N2OS. The molecule has 2 N–H and O–H groups in total. The number of hydrogen-bond acceptors (Lipinski definition) is 2. The maximum absolute atomic E-state index is 5.55. The van der Waals surface area contributed by atoms with Crippen molar-refractivity contribution < 1.29 is 4.74 Å². The van der Waals surface area contributed by atoms with Crippen LogP contribution in [0.3, 0.4) is 0 Å². The van der Waals surface area contributed by atoms with Gasteiger partial charge in [0.1, 0.15) is 5.75 Å². The Hall–Kier alpha value is -2.07. The van der Waals surface area contributed by atoms with E-state index < -0.39 is 0 Å². The summed E-state index contributed by atoms with van der Waals surface area (Å²) < 4.78 is 5.54. The second-order valence-electron chi connectivity index (χ2n) is 6.64. The highest BCUT2D eigenvalue weighted by Crippen LogP contribution is 2.26. The number of benzene rings is 2. The van der Waals surface area contributed by atoms with E-state index in [1.807, 2.05) is 31.2 Å². The van der Waals surface area contributed by atoms with E-state index in [9.17, 15) is 0 Å². The molecule has 2 aromatic carbocycles. The van der Waals surface area contributed by atoms with Crippen LogP contribution in [0.1, 0.15) is 43.5 Å². The van der Waals surface area contributed by atoms with E-state index in [-0.39, 0.29) is 6.04 Å². The first-order valence-corrected chi connectivity index (χ1v) is 9.19. The summed E-state index contributed by atoms with van der Waals surface area (Å²) in [6.07, 6.45) is 0. The van der Waals surface area contributed by atoms with Crippen LogP contribution in [0.2, 0.25) is 0 Å². The summed E-state index contributed by atoms with van der Waals surface area (Å²) in [6, 6.07) is 14.6. The molecule has 2 rings (SSSR count). The molecule has 2 aromatic rings. The molecule has 0 unspecified atom stereocenters. The van der Waals surface area contributed by atoms with E-state index in [1.54, 1.807) is 0 Å². The topological polar surface area (TPSA) is 33.3 Å². The van der Waals surface area contributed by atoms with Crippen LogP contribution in [-0.2, 0) is 0 Å². The molecule has 0 fully saturated rings. The predicted octanol–water partition coefficient (Wildman–Crippen LogP) is 5.39. The van der Waals surface area contributed by atoms with Crippen LogP contribution < -0.4 is 15.4 Å². The van der Waals surface area contributed by atoms with Gasteiger partial charge in [0.05, 0.1) is 12.6 Å². The molecule has 0 aliphatic rings. The molecule has 0 amide bonds. The first kappa shape index (κ1) is 19.3. The number of anilines is 1. The van der Waals surface area contributed by atoms with E-state index in [0.29, 0.717) is 17.6 Å². The number of thiocarbonyl (C=S) groups is 1. The maximum Gasteiger partial charge on any atom is 0.171 e. The summed E-state index contributed by atoms with van der Waals surface area (Å²) in [5, 5.41) is 7.36. The molecule has 0 spiro atoms. The van der Waals surface area contributed by atoms with E-state index >= 15 is 0 Å². The predicted molar refractivity (Wildman–Crippen MR) is 110 cm³/mol. The minimum Gasteiger partial charge on any atom is -0.494 e. The molecule has 134 valence electrons. The minimum absolute atomic E-state index is 0.163. The number of hydrogen-bond donors (Lipinski definition) is 2. The highest BCUT2D eigenvalue weighted by molar-refractivity contribution is 7.80. The summed E-state index contributed by atoms with van der Waals surface area (Å²) in [7, 11) is 0. The van der Waals surface area contributed by atoms with Crippen LogP contribution in [0.4, 0.5) is 5.69 Å². The monoisotopic (exact) mass is 356 g/mol. The van der Waals surface area contributed by atoms with E-state index in [1.165, 1.54) is 16.7 Å². The lowest BCUT2D eigenvalue weighted by atomic mass is 9.92. The van der Waals surface area contributed by atoms with Crippen LogP contribution in [0, 0.1) is 19.8 Å². The number of nitrogens with one attached hydrogen (secondary N) is 2. The fourth-order valence-electron chi connectivity index (χ4n) is 2.92. The molecule has 0 heterocycles. The molecular weight excluding hydrogens is 328 g/mol. The second kappa shape index (κ2) is 8.86. The number of aryl methyl sites for hydroxylation is 2. The van der Waals surface area contributed by atoms with Gasteiger partial charge in [0, 0.05) is 11.8 Å². The van der Waals surface area contributed by atoms with Gasteiger partial charge in [-0.05, 0) is 62.2 Å². The summed E-state index contributed by atoms with van der Waals surface area (Å²) in [4.78, 5) is 0. The van der Waals surface area contributed by atoms with Crippen molar-refractivity contribution in [3.8, 4) is 5.75 Å². The zero-order valence-electron chi connectivity index (χ0n) is 15.7. The van der Waals surface area contributed by atoms with E-state index in [2.05, 4.69) is 56.5 Å². The zero-order chi connectivity index (χ0) is 18.4. The van der Waals surface area contributed by atoms with Gasteiger partial charge in [-0.25, -0.2) is 0 Å². The Bertz CT molecular complexity index is 728. The van der Waals surface area contributed by atoms with Crippen molar-refractivity contribution >= 4 is 23.0 Å². The lowest BCUT2D eigenvalue weighted by Crippen LogP contribution is -2.35. The molecule has 0 saturated carbocycles. The summed E-state index contributed by atoms with van der Waals surface area (Å²) in [5.41, 5.74) is 4.77. The average molecular weight is 357 g/mol. The van der Waals surface area contributed by atoms with Crippen molar-refractivity contribution in [3.63, 3.8) is 0 Å². The highest BCUT2D eigenvalue weighted by Gasteiger charge is 2.18. The Balaban J connectivity index is 2.11. The Labute approximate surface area is 156 Å². The molecule has 4 heteroatoms.